The van der Waals surface area contributed by atoms with E-state index in [1.807, 2.05) is 6.07 Å². The summed E-state index contributed by atoms with van der Waals surface area (Å²) < 4.78 is 0. The molecule has 0 radical (unpaired) electrons. The number of hydrogen-bond acceptors (Lipinski definition) is 1. The van der Waals surface area contributed by atoms with Gasteiger partial charge in [-0.25, -0.2) is 0 Å². The smallest absolute Gasteiger partial charge is 0.0661 e. The van der Waals surface area contributed by atoms with Crippen LogP contribution in [0.15, 0.2) is 65.7 Å². The molecule has 0 amide bonds. The molecule has 0 saturated carbocycles. The molecule has 1 aliphatic heterocycles. The van der Waals surface area contributed by atoms with Gasteiger partial charge in [0.25, 0.3) is 0 Å². The van der Waals surface area contributed by atoms with Gasteiger partial charge in [-0.2, -0.15) is 0 Å². The molecule has 0 aromatic heterocycles. The first kappa shape index (κ1) is 12.2. The number of nitrogens with zero attached hydrogens (tertiary/aromatic N) is 1. The summed E-state index contributed by atoms with van der Waals surface area (Å²) >= 11 is 0. The Bertz CT molecular complexity index is 548. The van der Waals surface area contributed by atoms with E-state index in [2.05, 4.69) is 72.8 Å². The van der Waals surface area contributed by atoms with Gasteiger partial charge >= 0.3 is 0 Å². The van der Waals surface area contributed by atoms with E-state index in [1.165, 1.54) is 5.56 Å². The van der Waals surface area contributed by atoms with Crippen LogP contribution in [0.3, 0.4) is 0 Å². The minimum atomic E-state index is 0.559. The highest BCUT2D eigenvalue weighted by Crippen LogP contribution is 2.34. The third kappa shape index (κ3) is 2.60. The molecule has 3 unspecified atom stereocenters. The van der Waals surface area contributed by atoms with Gasteiger partial charge in [-0.15, -0.1) is 0 Å². The summed E-state index contributed by atoms with van der Waals surface area (Å²) in [4.78, 5) is 4.56. The summed E-state index contributed by atoms with van der Waals surface area (Å²) in [5.41, 5.74) is 2.33. The normalized spacial score (nSPS) is 29.3. The zero-order valence-corrected chi connectivity index (χ0v) is 11.2. The Labute approximate surface area is 115 Å². The minimum Gasteiger partial charge on any atom is -0.261 e. The van der Waals surface area contributed by atoms with E-state index in [-0.39, 0.29) is 0 Å². The zero-order valence-electron chi connectivity index (χ0n) is 11.2. The molecule has 1 aliphatic carbocycles. The van der Waals surface area contributed by atoms with Crippen LogP contribution in [0.2, 0.25) is 0 Å². The van der Waals surface area contributed by atoms with E-state index in [1.54, 1.807) is 0 Å². The molecule has 1 heterocycles. The van der Waals surface area contributed by atoms with Crippen molar-refractivity contribution in [2.24, 2.45) is 22.7 Å². The highest BCUT2D eigenvalue weighted by atomic mass is 14.7. The summed E-state index contributed by atoms with van der Waals surface area (Å²) in [6, 6.07) is 10.4. The van der Waals surface area contributed by atoms with Crippen LogP contribution in [-0.2, 0) is 0 Å². The van der Waals surface area contributed by atoms with Crippen molar-refractivity contribution in [3.63, 3.8) is 0 Å². The second-order valence-corrected chi connectivity index (χ2v) is 5.34. The molecule has 1 nitrogen and oxygen atoms in total. The lowest BCUT2D eigenvalue weighted by Gasteiger charge is -2.28. The van der Waals surface area contributed by atoms with E-state index in [0.29, 0.717) is 17.8 Å². The van der Waals surface area contributed by atoms with Gasteiger partial charge in [0.1, 0.15) is 0 Å². The summed E-state index contributed by atoms with van der Waals surface area (Å²) in [6.45, 7) is 2.30. The van der Waals surface area contributed by atoms with Crippen LogP contribution in [-0.4, -0.2) is 6.21 Å². The van der Waals surface area contributed by atoms with Crippen LogP contribution in [0.1, 0.15) is 18.9 Å². The number of allylic oxidation sites excluding steroid dienone is 5. The molecule has 0 spiro atoms. The van der Waals surface area contributed by atoms with Crippen LogP contribution < -0.4 is 0 Å². The van der Waals surface area contributed by atoms with Crippen molar-refractivity contribution in [3.05, 3.63) is 66.3 Å². The minimum absolute atomic E-state index is 0.559. The number of rotatable bonds is 2. The monoisotopic (exact) mass is 249 g/mol. The van der Waals surface area contributed by atoms with Crippen molar-refractivity contribution in [1.29, 1.82) is 0 Å². The number of hydrogen-bond donors (Lipinski definition) is 0. The van der Waals surface area contributed by atoms with Gasteiger partial charge in [0.15, 0.2) is 0 Å². The van der Waals surface area contributed by atoms with Crippen molar-refractivity contribution in [3.8, 4) is 0 Å². The predicted molar refractivity (Wildman–Crippen MR) is 82.0 cm³/mol. The van der Waals surface area contributed by atoms with Crippen LogP contribution in [0, 0.1) is 17.8 Å². The molecule has 0 N–H and O–H groups in total. The van der Waals surface area contributed by atoms with E-state index in [9.17, 15) is 0 Å². The molecular weight excluding hydrogens is 230 g/mol. The average molecular weight is 249 g/mol. The van der Waals surface area contributed by atoms with E-state index >= 15 is 0 Å². The van der Waals surface area contributed by atoms with E-state index in [4.69, 9.17) is 0 Å². The predicted octanol–water partition coefficient (Wildman–Crippen LogP) is 4.50. The molecule has 0 saturated heterocycles. The molecule has 96 valence electrons. The van der Waals surface area contributed by atoms with Crippen molar-refractivity contribution in [1.82, 2.24) is 0 Å². The molecule has 2 aliphatic rings. The first-order valence-corrected chi connectivity index (χ1v) is 6.99. The molecule has 1 heteroatoms. The molecule has 1 aromatic carbocycles. The fourth-order valence-electron chi connectivity index (χ4n) is 2.90. The molecule has 1 aromatic rings. The van der Waals surface area contributed by atoms with Gasteiger partial charge in [0.05, 0.1) is 5.70 Å². The second-order valence-electron chi connectivity index (χ2n) is 5.34. The molecule has 0 bridgehead atoms. The maximum absolute atomic E-state index is 4.56. The summed E-state index contributed by atoms with van der Waals surface area (Å²) in [7, 11) is 0. The number of benzene rings is 1. The van der Waals surface area contributed by atoms with Gasteiger partial charge < -0.3 is 0 Å². The Kier molecular flexibility index (Phi) is 3.45. The van der Waals surface area contributed by atoms with Gasteiger partial charge in [-0.05, 0) is 29.7 Å². The van der Waals surface area contributed by atoms with Gasteiger partial charge in [-0.1, -0.05) is 67.6 Å². The highest BCUT2D eigenvalue weighted by Gasteiger charge is 2.24. The summed E-state index contributed by atoms with van der Waals surface area (Å²) in [5, 5.41) is 0. The Hall–Kier alpha value is -1.89. The Balaban J connectivity index is 1.86. The van der Waals surface area contributed by atoms with Gasteiger partial charge in [0.2, 0.25) is 0 Å². The standard InChI is InChI=1S/C18H19N/c1-14-7-5-6-10-17(14)16-11-12-19-18(13-16)15-8-3-2-4-9-15/h2-10,12-14,16-17H,11H2,1H3. The lowest BCUT2D eigenvalue weighted by Crippen LogP contribution is -2.20. The average Bonchev–Trinajstić information content (AvgIpc) is 2.49. The lowest BCUT2D eigenvalue weighted by molar-refractivity contribution is 0.398. The third-order valence-corrected chi connectivity index (χ3v) is 4.01. The van der Waals surface area contributed by atoms with Crippen molar-refractivity contribution in [2.45, 2.75) is 13.3 Å². The molecule has 19 heavy (non-hydrogen) atoms. The largest absolute Gasteiger partial charge is 0.261 e. The quantitative estimate of drug-likeness (QED) is 0.732. The fourth-order valence-corrected chi connectivity index (χ4v) is 2.90. The SMILES string of the molecule is CC1C=CC=CC1C1C=C(c2ccccc2)N=CC1. The molecular formula is C18H19N. The van der Waals surface area contributed by atoms with E-state index in [0.717, 1.165) is 12.1 Å². The van der Waals surface area contributed by atoms with Crippen LogP contribution in [0.4, 0.5) is 0 Å². The van der Waals surface area contributed by atoms with E-state index < -0.39 is 0 Å². The van der Waals surface area contributed by atoms with Gasteiger partial charge in [0, 0.05) is 6.21 Å². The maximum atomic E-state index is 4.56. The summed E-state index contributed by atoms with van der Waals surface area (Å²) in [5.74, 6) is 1.76. The summed E-state index contributed by atoms with van der Waals surface area (Å²) in [6.07, 6.45) is 14.4. The number of aliphatic imine (C=N–C) groups is 1. The second kappa shape index (κ2) is 5.40. The van der Waals surface area contributed by atoms with Crippen molar-refractivity contribution in [2.75, 3.05) is 0 Å². The molecule has 3 rings (SSSR count). The zero-order chi connectivity index (χ0) is 13.1. The molecule has 0 fully saturated rings. The van der Waals surface area contributed by atoms with Crippen molar-refractivity contribution < 1.29 is 0 Å². The topological polar surface area (TPSA) is 12.4 Å². The van der Waals surface area contributed by atoms with Crippen LogP contribution in [0.25, 0.3) is 5.70 Å². The van der Waals surface area contributed by atoms with Gasteiger partial charge in [-0.3, -0.25) is 4.99 Å². The van der Waals surface area contributed by atoms with Crippen LogP contribution >= 0.6 is 0 Å². The highest BCUT2D eigenvalue weighted by molar-refractivity contribution is 5.77. The van der Waals surface area contributed by atoms with Crippen LogP contribution in [0.5, 0.6) is 0 Å². The Morgan fingerprint density at radius 1 is 1.05 bits per heavy atom. The Morgan fingerprint density at radius 2 is 1.84 bits per heavy atom. The first-order valence-electron chi connectivity index (χ1n) is 6.99. The van der Waals surface area contributed by atoms with Crippen molar-refractivity contribution >= 4 is 11.9 Å². The first-order chi connectivity index (χ1) is 9.34. The third-order valence-electron chi connectivity index (χ3n) is 4.01. The maximum Gasteiger partial charge on any atom is 0.0661 e. The fraction of sp³-hybridized carbons (Fsp3) is 0.278. The molecule has 3 atom stereocenters. The Morgan fingerprint density at radius 3 is 2.63 bits per heavy atom. The lowest BCUT2D eigenvalue weighted by atomic mass is 9.77.